The number of nitrogen functional groups attached to an aromatic ring is 1. The van der Waals surface area contributed by atoms with E-state index in [-0.39, 0.29) is 0 Å². The monoisotopic (exact) mass is 266 g/mol. The maximum absolute atomic E-state index is 5.97. The van der Waals surface area contributed by atoms with Crippen LogP contribution in [0, 0.1) is 6.92 Å². The van der Waals surface area contributed by atoms with Gasteiger partial charge in [-0.1, -0.05) is 18.5 Å². The van der Waals surface area contributed by atoms with E-state index in [9.17, 15) is 0 Å². The molecule has 2 heterocycles. The van der Waals surface area contributed by atoms with E-state index >= 15 is 0 Å². The molecule has 0 aliphatic carbocycles. The minimum Gasteiger partial charge on any atom is -0.476 e. The highest BCUT2D eigenvalue weighted by Crippen LogP contribution is 2.22. The first-order valence-electron chi connectivity index (χ1n) is 5.73. The maximum atomic E-state index is 5.97. The van der Waals surface area contributed by atoms with Crippen molar-refractivity contribution in [3.8, 4) is 11.7 Å². The molecule has 2 aromatic heterocycles. The predicted octanol–water partition coefficient (Wildman–Crippen LogP) is 2.60. The van der Waals surface area contributed by atoms with Gasteiger partial charge in [0.2, 0.25) is 5.88 Å². The van der Waals surface area contributed by atoms with Gasteiger partial charge in [0.15, 0.2) is 5.82 Å². The molecule has 18 heavy (non-hydrogen) atoms. The first-order valence-corrected chi connectivity index (χ1v) is 6.11. The molecule has 96 valence electrons. The minimum atomic E-state index is 0.429. The number of hydrogen-bond donors (Lipinski definition) is 1. The van der Waals surface area contributed by atoms with Crippen molar-refractivity contribution < 1.29 is 4.74 Å². The second-order valence-electron chi connectivity index (χ2n) is 3.92. The molecule has 2 N–H and O–H groups in total. The van der Waals surface area contributed by atoms with Crippen molar-refractivity contribution in [1.82, 2.24) is 14.8 Å². The van der Waals surface area contributed by atoms with Crippen LogP contribution in [-0.4, -0.2) is 21.4 Å². The van der Waals surface area contributed by atoms with Gasteiger partial charge in [-0.05, 0) is 25.5 Å². The summed E-state index contributed by atoms with van der Waals surface area (Å²) >= 11 is 5.97. The molecule has 2 aromatic rings. The van der Waals surface area contributed by atoms with Crippen molar-refractivity contribution in [3.05, 3.63) is 29.0 Å². The highest BCUT2D eigenvalue weighted by Gasteiger charge is 2.08. The quantitative estimate of drug-likeness (QED) is 0.924. The molecule has 0 bridgehead atoms. The molecule has 0 atom stereocenters. The second kappa shape index (κ2) is 5.27. The number of halogens is 1. The molecule has 6 heteroatoms. The van der Waals surface area contributed by atoms with Gasteiger partial charge in [0.05, 0.1) is 29.2 Å². The lowest BCUT2D eigenvalue weighted by Gasteiger charge is -2.08. The molecule has 0 aliphatic heterocycles. The van der Waals surface area contributed by atoms with E-state index in [2.05, 4.69) is 10.1 Å². The Labute approximate surface area is 111 Å². The van der Waals surface area contributed by atoms with Gasteiger partial charge in [-0.3, -0.25) is 0 Å². The molecular weight excluding hydrogens is 252 g/mol. The van der Waals surface area contributed by atoms with Crippen molar-refractivity contribution in [2.24, 2.45) is 0 Å². The zero-order valence-electron chi connectivity index (χ0n) is 10.4. The van der Waals surface area contributed by atoms with E-state index in [4.69, 9.17) is 22.1 Å². The molecule has 0 unspecified atom stereocenters. The summed E-state index contributed by atoms with van der Waals surface area (Å²) in [7, 11) is 0. The van der Waals surface area contributed by atoms with Crippen LogP contribution >= 0.6 is 11.6 Å². The average Bonchev–Trinajstić information content (AvgIpc) is 2.69. The Kier molecular flexibility index (Phi) is 3.72. The van der Waals surface area contributed by atoms with Gasteiger partial charge in [-0.25, -0.2) is 4.68 Å². The molecule has 5 nitrogen and oxygen atoms in total. The number of ether oxygens (including phenoxy) is 1. The van der Waals surface area contributed by atoms with Crippen LogP contribution in [0.15, 0.2) is 18.3 Å². The second-order valence-corrected chi connectivity index (χ2v) is 4.33. The Balaban J connectivity index is 2.34. The normalized spacial score (nSPS) is 10.6. The predicted molar refractivity (Wildman–Crippen MR) is 71.3 cm³/mol. The summed E-state index contributed by atoms with van der Waals surface area (Å²) < 4.78 is 7.08. The topological polar surface area (TPSA) is 66.0 Å². The van der Waals surface area contributed by atoms with Crippen LogP contribution in [0.2, 0.25) is 5.02 Å². The van der Waals surface area contributed by atoms with Crippen LogP contribution in [0.4, 0.5) is 5.69 Å². The SMILES string of the molecule is CCCOc1nc(-n2cc(Cl)c(C)n2)ccc1N. The fourth-order valence-corrected chi connectivity index (χ4v) is 1.57. The fraction of sp³-hybridized carbons (Fsp3) is 0.333. The van der Waals surface area contributed by atoms with E-state index < -0.39 is 0 Å². The Morgan fingerprint density at radius 2 is 2.22 bits per heavy atom. The van der Waals surface area contributed by atoms with Crippen LogP contribution in [-0.2, 0) is 0 Å². The lowest BCUT2D eigenvalue weighted by molar-refractivity contribution is 0.307. The van der Waals surface area contributed by atoms with Gasteiger partial charge in [-0.2, -0.15) is 10.1 Å². The summed E-state index contributed by atoms with van der Waals surface area (Å²) in [5, 5.41) is 4.86. The molecule has 0 radical (unpaired) electrons. The van der Waals surface area contributed by atoms with Gasteiger partial charge in [0.25, 0.3) is 0 Å². The Morgan fingerprint density at radius 3 is 2.83 bits per heavy atom. The lowest BCUT2D eigenvalue weighted by atomic mass is 10.4. The van der Waals surface area contributed by atoms with Crippen LogP contribution in [0.3, 0.4) is 0 Å². The molecule has 0 fully saturated rings. The van der Waals surface area contributed by atoms with Gasteiger partial charge < -0.3 is 10.5 Å². The molecule has 0 aromatic carbocycles. The molecule has 0 amide bonds. The van der Waals surface area contributed by atoms with E-state index in [1.54, 1.807) is 23.0 Å². The van der Waals surface area contributed by atoms with E-state index in [1.165, 1.54) is 0 Å². The third-order valence-corrected chi connectivity index (χ3v) is 2.76. The molecule has 0 saturated heterocycles. The summed E-state index contributed by atoms with van der Waals surface area (Å²) in [6.07, 6.45) is 2.61. The minimum absolute atomic E-state index is 0.429. The highest BCUT2D eigenvalue weighted by atomic mass is 35.5. The summed E-state index contributed by atoms with van der Waals surface area (Å²) in [4.78, 5) is 4.33. The molecular formula is C12H15ClN4O. The Morgan fingerprint density at radius 1 is 1.44 bits per heavy atom. The van der Waals surface area contributed by atoms with Crippen molar-refractivity contribution in [1.29, 1.82) is 0 Å². The van der Waals surface area contributed by atoms with Crippen molar-refractivity contribution in [3.63, 3.8) is 0 Å². The molecule has 0 saturated carbocycles. The Bertz CT molecular complexity index is 534. The largest absolute Gasteiger partial charge is 0.476 e. The number of nitrogens with zero attached hydrogens (tertiary/aromatic N) is 3. The zero-order chi connectivity index (χ0) is 13.1. The molecule has 0 spiro atoms. The first kappa shape index (κ1) is 12.7. The van der Waals surface area contributed by atoms with Crippen molar-refractivity contribution in [2.75, 3.05) is 12.3 Å². The molecule has 0 aliphatic rings. The zero-order valence-corrected chi connectivity index (χ0v) is 11.1. The lowest BCUT2D eigenvalue weighted by Crippen LogP contribution is -2.05. The van der Waals surface area contributed by atoms with E-state index in [0.717, 1.165) is 12.1 Å². The Hall–Kier alpha value is -1.75. The van der Waals surface area contributed by atoms with E-state index in [1.807, 2.05) is 13.8 Å². The van der Waals surface area contributed by atoms with Crippen LogP contribution in [0.1, 0.15) is 19.0 Å². The number of rotatable bonds is 4. The number of anilines is 1. The molecule has 2 rings (SSSR count). The number of pyridine rings is 1. The van der Waals surface area contributed by atoms with Crippen LogP contribution in [0.5, 0.6) is 5.88 Å². The van der Waals surface area contributed by atoms with Crippen LogP contribution < -0.4 is 10.5 Å². The maximum Gasteiger partial charge on any atom is 0.239 e. The van der Waals surface area contributed by atoms with Gasteiger partial charge >= 0.3 is 0 Å². The van der Waals surface area contributed by atoms with Gasteiger partial charge in [-0.15, -0.1) is 0 Å². The van der Waals surface area contributed by atoms with Crippen molar-refractivity contribution in [2.45, 2.75) is 20.3 Å². The smallest absolute Gasteiger partial charge is 0.239 e. The summed E-state index contributed by atoms with van der Waals surface area (Å²) in [5.74, 6) is 1.06. The highest BCUT2D eigenvalue weighted by molar-refractivity contribution is 6.31. The van der Waals surface area contributed by atoms with Crippen molar-refractivity contribution >= 4 is 17.3 Å². The number of aryl methyl sites for hydroxylation is 1. The van der Waals surface area contributed by atoms with Crippen LogP contribution in [0.25, 0.3) is 5.82 Å². The third kappa shape index (κ3) is 2.56. The summed E-state index contributed by atoms with van der Waals surface area (Å²) in [6.45, 7) is 4.45. The van der Waals surface area contributed by atoms with Gasteiger partial charge in [0.1, 0.15) is 0 Å². The average molecular weight is 267 g/mol. The number of nitrogens with two attached hydrogens (primary N) is 1. The standard InChI is InChI=1S/C12H15ClN4O/c1-3-6-18-12-10(14)4-5-11(15-12)17-7-9(13)8(2)16-17/h4-5,7H,3,6,14H2,1-2H3. The summed E-state index contributed by atoms with van der Waals surface area (Å²) in [6, 6.07) is 3.52. The van der Waals surface area contributed by atoms with Gasteiger partial charge in [0, 0.05) is 0 Å². The number of aromatic nitrogens is 3. The number of hydrogen-bond acceptors (Lipinski definition) is 4. The summed E-state index contributed by atoms with van der Waals surface area (Å²) in [5.41, 5.74) is 7.07. The van der Waals surface area contributed by atoms with E-state index in [0.29, 0.717) is 29.0 Å². The first-order chi connectivity index (χ1) is 8.61. The third-order valence-electron chi connectivity index (χ3n) is 2.39. The fourth-order valence-electron chi connectivity index (χ4n) is 1.44.